The van der Waals surface area contributed by atoms with Gasteiger partial charge in [0.15, 0.2) is 0 Å². The molecule has 1 aliphatic rings. The van der Waals surface area contributed by atoms with Gasteiger partial charge in [0, 0.05) is 18.8 Å². The van der Waals surface area contributed by atoms with E-state index in [0.717, 1.165) is 17.0 Å². The summed E-state index contributed by atoms with van der Waals surface area (Å²) in [4.78, 5) is 15.6. The van der Waals surface area contributed by atoms with Crippen molar-refractivity contribution in [3.05, 3.63) is 71.5 Å². The zero-order chi connectivity index (χ0) is 22.5. The Bertz CT molecular complexity index is 813. The van der Waals surface area contributed by atoms with E-state index in [1.54, 1.807) is 32.6 Å². The molecule has 0 spiro atoms. The maximum absolute atomic E-state index is 13.2. The lowest BCUT2D eigenvalue weighted by Crippen LogP contribution is -2.31. The number of allylic oxidation sites excluding steroid dienone is 5. The lowest BCUT2D eigenvalue weighted by molar-refractivity contribution is -0.119. The summed E-state index contributed by atoms with van der Waals surface area (Å²) in [5, 5.41) is 2.68. The van der Waals surface area contributed by atoms with Crippen LogP contribution in [0, 0.1) is 0 Å². The molecule has 6 nitrogen and oxygen atoms in total. The second-order valence-corrected chi connectivity index (χ2v) is 6.73. The van der Waals surface area contributed by atoms with Gasteiger partial charge in [0.05, 0.1) is 38.8 Å². The fourth-order valence-electron chi connectivity index (χ4n) is 2.64. The topological polar surface area (TPSA) is 69.2 Å². The Hall–Kier alpha value is -3.09. The normalized spacial score (nSPS) is 25.6. The standard InChI is InChI=1S/C23H31FN2O4/c1-16-12-21(28-5)15-22(29-6)14-18(3)25-10-9-23(16)30-11-7-8-20(13-17(2)24)26-19(4)27/h7,9-14,20H,8,15H2,1-6H3,(H,26,27)/b10-9-,11-7+,17-13+,21-12+,22-14+,23-16-,25-18+. The maximum Gasteiger partial charge on any atom is 0.217 e. The molecule has 0 fully saturated rings. The summed E-state index contributed by atoms with van der Waals surface area (Å²) in [5.41, 5.74) is 1.61. The molecule has 0 bridgehead atoms. The van der Waals surface area contributed by atoms with Gasteiger partial charge < -0.3 is 19.5 Å². The van der Waals surface area contributed by atoms with E-state index < -0.39 is 6.04 Å². The summed E-state index contributed by atoms with van der Waals surface area (Å²) in [6.45, 7) is 6.49. The van der Waals surface area contributed by atoms with Crippen molar-refractivity contribution in [2.24, 2.45) is 4.99 Å². The number of carbonyl (C=O) groups excluding carboxylic acids is 1. The van der Waals surface area contributed by atoms with Crippen molar-refractivity contribution < 1.29 is 23.4 Å². The van der Waals surface area contributed by atoms with Crippen LogP contribution in [-0.4, -0.2) is 31.9 Å². The SMILES string of the molecule is CO/C1=C/C(C)=C(O/C=C/CC(/C=C(\C)F)NC(C)=O)/C=C\N=C(C)\C=C(\OC)C1. The van der Waals surface area contributed by atoms with Gasteiger partial charge in [0.1, 0.15) is 17.3 Å². The van der Waals surface area contributed by atoms with Crippen molar-refractivity contribution in [3.63, 3.8) is 0 Å². The van der Waals surface area contributed by atoms with Crippen LogP contribution < -0.4 is 5.32 Å². The predicted molar refractivity (Wildman–Crippen MR) is 117 cm³/mol. The summed E-state index contributed by atoms with van der Waals surface area (Å²) in [7, 11) is 3.21. The van der Waals surface area contributed by atoms with Crippen LogP contribution in [0.3, 0.4) is 0 Å². The highest BCUT2D eigenvalue weighted by Crippen LogP contribution is 2.19. The third-order valence-corrected chi connectivity index (χ3v) is 4.01. The number of methoxy groups -OCH3 is 2. The van der Waals surface area contributed by atoms with Gasteiger partial charge in [-0.15, -0.1) is 0 Å². The van der Waals surface area contributed by atoms with E-state index in [2.05, 4.69) is 10.3 Å². The number of nitrogens with one attached hydrogen (secondary N) is 1. The Morgan fingerprint density at radius 2 is 1.90 bits per heavy atom. The molecule has 0 radical (unpaired) electrons. The Morgan fingerprint density at radius 1 is 1.23 bits per heavy atom. The number of halogens is 1. The number of aliphatic imine (C=N–C) groups is 1. The summed E-state index contributed by atoms with van der Waals surface area (Å²) in [6.07, 6.45) is 12.6. The van der Waals surface area contributed by atoms with Crippen molar-refractivity contribution in [1.29, 1.82) is 0 Å². The van der Waals surface area contributed by atoms with Gasteiger partial charge in [-0.2, -0.15) is 0 Å². The van der Waals surface area contributed by atoms with Gasteiger partial charge in [-0.05, 0) is 63.1 Å². The van der Waals surface area contributed by atoms with Gasteiger partial charge >= 0.3 is 0 Å². The number of rotatable bonds is 8. The Kier molecular flexibility index (Phi) is 11.0. The maximum atomic E-state index is 13.2. The number of hydrogen-bond acceptors (Lipinski definition) is 5. The van der Waals surface area contributed by atoms with E-state index >= 15 is 0 Å². The van der Waals surface area contributed by atoms with Gasteiger partial charge in [0.25, 0.3) is 0 Å². The molecule has 0 saturated carbocycles. The monoisotopic (exact) mass is 418 g/mol. The molecule has 0 aromatic heterocycles. The van der Waals surface area contributed by atoms with E-state index in [-0.39, 0.29) is 11.7 Å². The van der Waals surface area contributed by atoms with Crippen LogP contribution in [-0.2, 0) is 19.0 Å². The first-order valence-electron chi connectivity index (χ1n) is 9.58. The molecule has 1 aliphatic heterocycles. The van der Waals surface area contributed by atoms with Gasteiger partial charge in [-0.3, -0.25) is 9.79 Å². The zero-order valence-electron chi connectivity index (χ0n) is 18.5. The molecule has 164 valence electrons. The number of nitrogens with zero attached hydrogens (tertiary/aromatic N) is 1. The van der Waals surface area contributed by atoms with E-state index in [1.165, 1.54) is 26.2 Å². The molecule has 0 aromatic carbocycles. The predicted octanol–water partition coefficient (Wildman–Crippen LogP) is 5.00. The minimum absolute atomic E-state index is 0.230. The molecular weight excluding hydrogens is 387 g/mol. The van der Waals surface area contributed by atoms with Crippen molar-refractivity contribution in [2.45, 2.75) is 46.6 Å². The van der Waals surface area contributed by atoms with Crippen molar-refractivity contribution in [1.82, 2.24) is 5.32 Å². The third-order valence-electron chi connectivity index (χ3n) is 4.01. The summed E-state index contributed by atoms with van der Waals surface area (Å²) >= 11 is 0. The number of amides is 1. The van der Waals surface area contributed by atoms with E-state index in [4.69, 9.17) is 14.2 Å². The second-order valence-electron chi connectivity index (χ2n) is 6.73. The van der Waals surface area contributed by atoms with Crippen molar-refractivity contribution in [3.8, 4) is 0 Å². The van der Waals surface area contributed by atoms with E-state index in [9.17, 15) is 9.18 Å². The average Bonchev–Trinajstić information content (AvgIpc) is 2.68. The molecule has 1 rings (SSSR count). The number of carbonyl (C=O) groups is 1. The van der Waals surface area contributed by atoms with Crippen molar-refractivity contribution >= 4 is 11.6 Å². The zero-order valence-corrected chi connectivity index (χ0v) is 18.5. The van der Waals surface area contributed by atoms with Crippen LogP contribution in [0.1, 0.15) is 40.5 Å². The Labute approximate surface area is 178 Å². The smallest absolute Gasteiger partial charge is 0.217 e. The highest BCUT2D eigenvalue weighted by molar-refractivity contribution is 5.93. The molecule has 0 aromatic rings. The molecule has 1 heterocycles. The highest BCUT2D eigenvalue weighted by atomic mass is 19.1. The second kappa shape index (κ2) is 13.2. The quantitative estimate of drug-likeness (QED) is 0.564. The van der Waals surface area contributed by atoms with Crippen LogP contribution in [0.4, 0.5) is 4.39 Å². The lowest BCUT2D eigenvalue weighted by atomic mass is 10.1. The molecule has 1 unspecified atom stereocenters. The lowest BCUT2D eigenvalue weighted by Gasteiger charge is -2.12. The summed E-state index contributed by atoms with van der Waals surface area (Å²) < 4.78 is 29.8. The Morgan fingerprint density at radius 3 is 2.50 bits per heavy atom. The average molecular weight is 419 g/mol. The minimum atomic E-state index is -0.448. The van der Waals surface area contributed by atoms with Crippen LogP contribution in [0.2, 0.25) is 0 Å². The largest absolute Gasteiger partial charge is 0.501 e. The van der Waals surface area contributed by atoms with Crippen molar-refractivity contribution in [2.75, 3.05) is 14.2 Å². The molecule has 1 atom stereocenters. The molecule has 30 heavy (non-hydrogen) atoms. The van der Waals surface area contributed by atoms with Gasteiger partial charge in [-0.25, -0.2) is 4.39 Å². The Balaban J connectivity index is 3.04. The highest BCUT2D eigenvalue weighted by Gasteiger charge is 2.08. The molecular formula is C23H31FN2O4. The molecule has 7 heteroatoms. The summed E-state index contributed by atoms with van der Waals surface area (Å²) in [5.74, 6) is 1.43. The fourth-order valence-corrected chi connectivity index (χ4v) is 2.64. The van der Waals surface area contributed by atoms with Gasteiger partial charge in [0.2, 0.25) is 5.91 Å². The molecule has 1 amide bonds. The van der Waals surface area contributed by atoms with E-state index in [0.29, 0.717) is 24.4 Å². The molecule has 0 saturated heterocycles. The minimum Gasteiger partial charge on any atom is -0.501 e. The first-order valence-corrected chi connectivity index (χ1v) is 9.58. The van der Waals surface area contributed by atoms with Gasteiger partial charge in [-0.1, -0.05) is 0 Å². The van der Waals surface area contributed by atoms with Crippen LogP contribution in [0.25, 0.3) is 0 Å². The first kappa shape index (κ1) is 24.9. The third kappa shape index (κ3) is 9.91. The van der Waals surface area contributed by atoms with E-state index in [1.807, 2.05) is 26.0 Å². The molecule has 0 aliphatic carbocycles. The number of ether oxygens (including phenoxy) is 3. The number of hydrogen-bond donors (Lipinski definition) is 1. The van der Waals surface area contributed by atoms with Crippen LogP contribution in [0.5, 0.6) is 0 Å². The fraction of sp³-hybridized carbons (Fsp3) is 0.391. The molecule has 1 N–H and O–H groups in total. The summed E-state index contributed by atoms with van der Waals surface area (Å²) in [6, 6.07) is -0.448. The van der Waals surface area contributed by atoms with Crippen LogP contribution >= 0.6 is 0 Å². The van der Waals surface area contributed by atoms with Crippen LogP contribution in [0.15, 0.2) is 76.5 Å². The first-order chi connectivity index (χ1) is 14.2.